The van der Waals surface area contributed by atoms with Gasteiger partial charge in [0.15, 0.2) is 0 Å². The number of carbonyl (C=O) groups is 2. The zero-order valence-corrected chi connectivity index (χ0v) is 17.2. The van der Waals surface area contributed by atoms with E-state index in [1.807, 2.05) is 6.92 Å². The fraction of sp³-hybridized carbons (Fsp3) is 0.652. The van der Waals surface area contributed by atoms with Crippen LogP contribution in [0.25, 0.3) is 0 Å². The summed E-state index contributed by atoms with van der Waals surface area (Å²) in [5, 5.41) is 0. The van der Waals surface area contributed by atoms with E-state index in [-0.39, 0.29) is 23.9 Å². The Morgan fingerprint density at radius 2 is 1.86 bits per heavy atom. The number of benzene rings is 1. The molecule has 152 valence electrons. The molecule has 3 aliphatic heterocycles. The molecule has 2 amide bonds. The third-order valence-corrected chi connectivity index (χ3v) is 7.07. The summed E-state index contributed by atoms with van der Waals surface area (Å²) in [5.41, 5.74) is 1.32. The highest BCUT2D eigenvalue weighted by molar-refractivity contribution is 5.88. The molecular formula is C23H33N3O2. The summed E-state index contributed by atoms with van der Waals surface area (Å²) in [6.45, 7) is 4.49. The van der Waals surface area contributed by atoms with Gasteiger partial charge in [0, 0.05) is 37.5 Å². The molecule has 0 bridgehead atoms. The number of nitrogens with zero attached hydrogens (tertiary/aromatic N) is 3. The van der Waals surface area contributed by atoms with Crippen molar-refractivity contribution in [2.24, 2.45) is 0 Å². The molecule has 5 nitrogen and oxygen atoms in total. The zero-order valence-electron chi connectivity index (χ0n) is 17.2. The first-order valence-electron chi connectivity index (χ1n) is 10.9. The van der Waals surface area contributed by atoms with Gasteiger partial charge < -0.3 is 14.7 Å². The van der Waals surface area contributed by atoms with Crippen LogP contribution in [0.3, 0.4) is 0 Å². The summed E-state index contributed by atoms with van der Waals surface area (Å²) in [4.78, 5) is 32.1. The predicted molar refractivity (Wildman–Crippen MR) is 110 cm³/mol. The van der Waals surface area contributed by atoms with Gasteiger partial charge in [-0.3, -0.25) is 9.59 Å². The van der Waals surface area contributed by atoms with Crippen LogP contribution in [-0.4, -0.2) is 71.3 Å². The molecule has 4 atom stereocenters. The van der Waals surface area contributed by atoms with Gasteiger partial charge >= 0.3 is 0 Å². The van der Waals surface area contributed by atoms with Crippen LogP contribution < -0.4 is 0 Å². The molecule has 3 saturated heterocycles. The Hall–Kier alpha value is -1.88. The van der Waals surface area contributed by atoms with Gasteiger partial charge in [-0.1, -0.05) is 43.2 Å². The van der Waals surface area contributed by atoms with E-state index >= 15 is 0 Å². The first-order valence-corrected chi connectivity index (χ1v) is 10.9. The lowest BCUT2D eigenvalue weighted by molar-refractivity contribution is -0.143. The van der Waals surface area contributed by atoms with Crippen molar-refractivity contribution >= 4 is 11.8 Å². The fourth-order valence-corrected chi connectivity index (χ4v) is 5.58. The first kappa shape index (κ1) is 19.4. The molecular weight excluding hydrogens is 350 g/mol. The summed E-state index contributed by atoms with van der Waals surface area (Å²) >= 11 is 0. The highest BCUT2D eigenvalue weighted by atomic mass is 16.2. The number of amides is 2. The van der Waals surface area contributed by atoms with Gasteiger partial charge in [-0.2, -0.15) is 0 Å². The van der Waals surface area contributed by atoms with E-state index in [2.05, 4.69) is 47.2 Å². The van der Waals surface area contributed by atoms with Crippen LogP contribution in [0.2, 0.25) is 0 Å². The molecule has 4 rings (SSSR count). The van der Waals surface area contributed by atoms with Crippen molar-refractivity contribution in [3.63, 3.8) is 0 Å². The third-order valence-electron chi connectivity index (χ3n) is 7.07. The number of likely N-dealkylation sites (N-methyl/N-ethyl adjacent to an activating group) is 1. The van der Waals surface area contributed by atoms with Gasteiger partial charge in [0.1, 0.15) is 6.04 Å². The van der Waals surface area contributed by atoms with E-state index < -0.39 is 0 Å². The summed E-state index contributed by atoms with van der Waals surface area (Å²) in [6, 6.07) is 10.9. The molecule has 0 unspecified atom stereocenters. The van der Waals surface area contributed by atoms with Crippen molar-refractivity contribution in [3.05, 3.63) is 35.9 Å². The van der Waals surface area contributed by atoms with Crippen molar-refractivity contribution < 1.29 is 9.59 Å². The van der Waals surface area contributed by atoms with Gasteiger partial charge in [0.2, 0.25) is 11.8 Å². The van der Waals surface area contributed by atoms with Crippen molar-refractivity contribution in [2.75, 3.05) is 26.7 Å². The molecule has 0 radical (unpaired) electrons. The topological polar surface area (TPSA) is 43.9 Å². The van der Waals surface area contributed by atoms with Crippen molar-refractivity contribution in [2.45, 2.75) is 69.5 Å². The normalized spacial score (nSPS) is 30.1. The Bertz CT molecular complexity index is 707. The van der Waals surface area contributed by atoms with Gasteiger partial charge in [0.05, 0.1) is 0 Å². The number of hydrogen-bond donors (Lipinski definition) is 0. The molecule has 0 aliphatic carbocycles. The molecule has 5 heteroatoms. The molecule has 1 aromatic rings. The van der Waals surface area contributed by atoms with Crippen molar-refractivity contribution in [3.8, 4) is 0 Å². The monoisotopic (exact) mass is 383 g/mol. The standard InChI is InChI=1S/C23H33N3O2/c1-17(25-15-9-13-21(25)27)23(28)26-16-19(18-10-5-3-6-11-18)22-20(26)12-7-4-8-14-24(22)2/h3,5-6,10-11,17,19-20,22H,4,7-9,12-16H2,1-2H3/t17-,19-,20+,22-/m0/s1. The molecule has 0 spiro atoms. The summed E-state index contributed by atoms with van der Waals surface area (Å²) in [6.07, 6.45) is 6.15. The van der Waals surface area contributed by atoms with Gasteiger partial charge in [-0.25, -0.2) is 0 Å². The van der Waals surface area contributed by atoms with E-state index in [1.54, 1.807) is 4.90 Å². The molecule has 0 aromatic heterocycles. The summed E-state index contributed by atoms with van der Waals surface area (Å²) < 4.78 is 0. The fourth-order valence-electron chi connectivity index (χ4n) is 5.58. The lowest BCUT2D eigenvalue weighted by Crippen LogP contribution is -2.52. The molecule has 28 heavy (non-hydrogen) atoms. The minimum Gasteiger partial charge on any atom is -0.336 e. The summed E-state index contributed by atoms with van der Waals surface area (Å²) in [7, 11) is 2.22. The molecule has 0 saturated carbocycles. The number of hydrogen-bond acceptors (Lipinski definition) is 3. The molecule has 3 fully saturated rings. The predicted octanol–water partition coefficient (Wildman–Crippen LogP) is 2.87. The third kappa shape index (κ3) is 3.57. The van der Waals surface area contributed by atoms with Gasteiger partial charge in [-0.05, 0) is 45.3 Å². The molecule has 0 N–H and O–H groups in total. The average Bonchev–Trinajstić information content (AvgIpc) is 3.29. The number of fused-ring (bicyclic) bond motifs is 1. The summed E-state index contributed by atoms with van der Waals surface area (Å²) in [5.74, 6) is 0.600. The van der Waals surface area contributed by atoms with E-state index in [0.717, 1.165) is 32.5 Å². The Morgan fingerprint density at radius 3 is 2.57 bits per heavy atom. The Balaban J connectivity index is 1.62. The van der Waals surface area contributed by atoms with Gasteiger partial charge in [-0.15, -0.1) is 0 Å². The van der Waals surface area contributed by atoms with Crippen LogP contribution in [0.5, 0.6) is 0 Å². The highest BCUT2D eigenvalue weighted by Crippen LogP contribution is 2.39. The van der Waals surface area contributed by atoms with Crippen LogP contribution in [-0.2, 0) is 9.59 Å². The maximum atomic E-state index is 13.5. The second kappa shape index (κ2) is 8.24. The number of likely N-dealkylation sites (tertiary alicyclic amines) is 3. The number of carbonyl (C=O) groups excluding carboxylic acids is 2. The van der Waals surface area contributed by atoms with Crippen LogP contribution in [0, 0.1) is 0 Å². The van der Waals surface area contributed by atoms with E-state index in [1.165, 1.54) is 24.8 Å². The molecule has 3 aliphatic rings. The minimum absolute atomic E-state index is 0.131. The van der Waals surface area contributed by atoms with Crippen LogP contribution in [0.4, 0.5) is 0 Å². The van der Waals surface area contributed by atoms with Gasteiger partial charge in [0.25, 0.3) is 0 Å². The highest BCUT2D eigenvalue weighted by Gasteiger charge is 2.48. The molecule has 1 aromatic carbocycles. The smallest absolute Gasteiger partial charge is 0.245 e. The first-order chi connectivity index (χ1) is 13.6. The SMILES string of the molecule is C[C@@H](C(=O)N1C[C@@H](c2ccccc2)[C@H]2[C@H]1CCCCCN2C)N1CCCC1=O. The quantitative estimate of drug-likeness (QED) is 0.806. The second-order valence-electron chi connectivity index (χ2n) is 8.76. The van der Waals surface area contributed by atoms with Crippen molar-refractivity contribution in [1.29, 1.82) is 0 Å². The van der Waals surface area contributed by atoms with E-state index in [4.69, 9.17) is 0 Å². The minimum atomic E-state index is -0.346. The largest absolute Gasteiger partial charge is 0.336 e. The van der Waals surface area contributed by atoms with Crippen LogP contribution in [0.1, 0.15) is 56.9 Å². The molecule has 3 heterocycles. The lowest BCUT2D eigenvalue weighted by atomic mass is 9.87. The second-order valence-corrected chi connectivity index (χ2v) is 8.76. The van der Waals surface area contributed by atoms with E-state index in [0.29, 0.717) is 18.4 Å². The number of rotatable bonds is 3. The zero-order chi connectivity index (χ0) is 19.7. The van der Waals surface area contributed by atoms with E-state index in [9.17, 15) is 9.59 Å². The maximum absolute atomic E-state index is 13.5. The Kier molecular flexibility index (Phi) is 5.72. The lowest BCUT2D eigenvalue weighted by Gasteiger charge is -2.38. The van der Waals surface area contributed by atoms with Crippen LogP contribution in [0.15, 0.2) is 30.3 Å². The van der Waals surface area contributed by atoms with Crippen LogP contribution >= 0.6 is 0 Å². The maximum Gasteiger partial charge on any atom is 0.245 e. The Morgan fingerprint density at radius 1 is 1.07 bits per heavy atom. The van der Waals surface area contributed by atoms with Crippen molar-refractivity contribution in [1.82, 2.24) is 14.7 Å². The Labute approximate surface area is 168 Å². The average molecular weight is 384 g/mol.